The number of phenolic OH excluding ortho intramolecular Hbond substituents is 1. The number of phenols is 1. The second-order valence-electron chi connectivity index (χ2n) is 3.01. The number of fused-ring (bicyclic) bond motifs is 3. The molecule has 0 bridgehead atoms. The van der Waals surface area contributed by atoms with Crippen molar-refractivity contribution in [2.75, 3.05) is 0 Å². The Morgan fingerprint density at radius 2 is 1.77 bits per heavy atom. The Bertz CT molecular complexity index is 532. The summed E-state index contributed by atoms with van der Waals surface area (Å²) in [5, 5.41) is 19.1. The van der Waals surface area contributed by atoms with E-state index in [0.29, 0.717) is 0 Å². The van der Waals surface area contributed by atoms with Crippen molar-refractivity contribution >= 4 is 22.1 Å². The molecular formula is C10H6N2O. The summed E-state index contributed by atoms with van der Waals surface area (Å²) in [4.78, 5) is 0. The van der Waals surface area contributed by atoms with Crippen LogP contribution >= 0.6 is 0 Å². The molecule has 0 saturated heterocycles. The molecule has 3 nitrogen and oxygen atoms in total. The lowest BCUT2D eigenvalue weighted by Gasteiger charge is -2.11. The van der Waals surface area contributed by atoms with E-state index >= 15 is 0 Å². The summed E-state index contributed by atoms with van der Waals surface area (Å²) in [6.45, 7) is 0. The summed E-state index contributed by atoms with van der Waals surface area (Å²) in [6.07, 6.45) is 0. The van der Waals surface area contributed by atoms with E-state index in [1.807, 2.05) is 24.3 Å². The first-order valence-electron chi connectivity index (χ1n) is 4.03. The van der Waals surface area contributed by atoms with Crippen LogP contribution in [0.1, 0.15) is 0 Å². The average Bonchev–Trinajstić information content (AvgIpc) is 2.11. The van der Waals surface area contributed by atoms with Gasteiger partial charge in [-0.1, -0.05) is 24.3 Å². The molecule has 62 valence electrons. The first kappa shape index (κ1) is 6.60. The minimum atomic E-state index is 0.271. The molecule has 0 saturated carbocycles. The first-order chi connectivity index (χ1) is 6.36. The number of nitrogens with zero attached hydrogens (tertiary/aromatic N) is 2. The molecule has 3 rings (SSSR count). The predicted octanol–water partition coefficient (Wildman–Crippen LogP) is 3.27. The highest BCUT2D eigenvalue weighted by molar-refractivity contribution is 6.02. The third-order valence-corrected chi connectivity index (χ3v) is 2.23. The van der Waals surface area contributed by atoms with Crippen molar-refractivity contribution in [3.63, 3.8) is 0 Å². The predicted molar refractivity (Wildman–Crippen MR) is 49.8 cm³/mol. The normalized spacial score (nSPS) is 12.6. The van der Waals surface area contributed by atoms with Crippen molar-refractivity contribution in [1.82, 2.24) is 0 Å². The Balaban J connectivity index is 2.55. The van der Waals surface area contributed by atoms with Gasteiger partial charge < -0.3 is 5.11 Å². The van der Waals surface area contributed by atoms with Crippen molar-refractivity contribution < 1.29 is 5.11 Å². The molecule has 1 N–H and O–H groups in total. The van der Waals surface area contributed by atoms with E-state index in [-0.39, 0.29) is 5.75 Å². The lowest BCUT2D eigenvalue weighted by molar-refractivity contribution is 0.481. The second-order valence-corrected chi connectivity index (χ2v) is 3.01. The fourth-order valence-electron chi connectivity index (χ4n) is 1.57. The molecule has 0 atom stereocenters. The highest BCUT2D eigenvalue weighted by atomic mass is 16.3. The molecule has 1 aliphatic heterocycles. The SMILES string of the molecule is Oc1cc2c(c3ccccc13)N=N2. The van der Waals surface area contributed by atoms with Crippen LogP contribution in [-0.2, 0) is 0 Å². The zero-order valence-corrected chi connectivity index (χ0v) is 6.73. The van der Waals surface area contributed by atoms with E-state index in [0.717, 1.165) is 22.1 Å². The van der Waals surface area contributed by atoms with Crippen molar-refractivity contribution in [1.29, 1.82) is 0 Å². The van der Waals surface area contributed by atoms with E-state index in [1.54, 1.807) is 6.07 Å². The molecule has 0 radical (unpaired) electrons. The molecule has 1 aliphatic rings. The fourth-order valence-corrected chi connectivity index (χ4v) is 1.57. The van der Waals surface area contributed by atoms with Gasteiger partial charge in [-0.25, -0.2) is 0 Å². The number of rotatable bonds is 0. The number of azo groups is 1. The van der Waals surface area contributed by atoms with E-state index < -0.39 is 0 Å². The maximum atomic E-state index is 9.61. The van der Waals surface area contributed by atoms with Crippen LogP contribution in [-0.4, -0.2) is 5.11 Å². The highest BCUT2D eigenvalue weighted by Gasteiger charge is 2.15. The molecule has 0 spiro atoms. The third kappa shape index (κ3) is 0.731. The standard InChI is InChI=1S/C10H6N2O/c13-9-5-8-10(12-11-8)7-4-2-1-3-6(7)9/h1-5,13H. The third-order valence-electron chi connectivity index (χ3n) is 2.23. The van der Waals surface area contributed by atoms with Gasteiger partial charge in [-0.3, -0.25) is 0 Å². The van der Waals surface area contributed by atoms with Crippen LogP contribution in [0.4, 0.5) is 11.4 Å². The van der Waals surface area contributed by atoms with E-state index in [4.69, 9.17) is 0 Å². The van der Waals surface area contributed by atoms with Crippen molar-refractivity contribution in [2.45, 2.75) is 0 Å². The molecule has 0 amide bonds. The van der Waals surface area contributed by atoms with Crippen LogP contribution in [0.5, 0.6) is 5.75 Å². The van der Waals surface area contributed by atoms with Crippen LogP contribution in [0.15, 0.2) is 40.6 Å². The van der Waals surface area contributed by atoms with E-state index in [9.17, 15) is 5.11 Å². The van der Waals surface area contributed by atoms with Crippen LogP contribution in [0.25, 0.3) is 10.8 Å². The summed E-state index contributed by atoms with van der Waals surface area (Å²) in [7, 11) is 0. The molecule has 0 aliphatic carbocycles. The minimum absolute atomic E-state index is 0.271. The van der Waals surface area contributed by atoms with Gasteiger partial charge >= 0.3 is 0 Å². The Kier molecular flexibility index (Phi) is 1.05. The summed E-state index contributed by atoms with van der Waals surface area (Å²) in [6, 6.07) is 9.27. The van der Waals surface area contributed by atoms with Crippen LogP contribution < -0.4 is 0 Å². The average molecular weight is 170 g/mol. The first-order valence-corrected chi connectivity index (χ1v) is 4.03. The summed E-state index contributed by atoms with van der Waals surface area (Å²) < 4.78 is 0. The van der Waals surface area contributed by atoms with E-state index in [1.165, 1.54) is 0 Å². The Morgan fingerprint density at radius 3 is 2.46 bits per heavy atom. The molecule has 1 heterocycles. The van der Waals surface area contributed by atoms with Crippen LogP contribution in [0, 0.1) is 0 Å². The summed E-state index contributed by atoms with van der Waals surface area (Å²) in [5.74, 6) is 0.271. The molecule has 3 heteroatoms. The molecule has 0 aromatic heterocycles. The molecule has 0 unspecified atom stereocenters. The summed E-state index contributed by atoms with van der Waals surface area (Å²) >= 11 is 0. The zero-order chi connectivity index (χ0) is 8.84. The Hall–Kier alpha value is -1.90. The Morgan fingerprint density at radius 1 is 1.00 bits per heavy atom. The van der Waals surface area contributed by atoms with Gasteiger partial charge in [0.1, 0.15) is 17.1 Å². The smallest absolute Gasteiger partial charge is 0.125 e. The van der Waals surface area contributed by atoms with Gasteiger partial charge in [0.15, 0.2) is 0 Å². The number of aromatic hydroxyl groups is 1. The van der Waals surface area contributed by atoms with Crippen LogP contribution in [0.2, 0.25) is 0 Å². The van der Waals surface area contributed by atoms with Crippen molar-refractivity contribution in [3.05, 3.63) is 30.3 Å². The van der Waals surface area contributed by atoms with Gasteiger partial charge in [0.05, 0.1) is 0 Å². The molecular weight excluding hydrogens is 164 g/mol. The quantitative estimate of drug-likeness (QED) is 0.552. The fraction of sp³-hybridized carbons (Fsp3) is 0. The highest BCUT2D eigenvalue weighted by Crippen LogP contribution is 2.46. The monoisotopic (exact) mass is 170 g/mol. The van der Waals surface area contributed by atoms with Crippen LogP contribution in [0.3, 0.4) is 0 Å². The van der Waals surface area contributed by atoms with Gasteiger partial charge in [0, 0.05) is 16.8 Å². The lowest BCUT2D eigenvalue weighted by Crippen LogP contribution is -1.81. The minimum Gasteiger partial charge on any atom is -0.507 e. The number of hydrogen-bond acceptors (Lipinski definition) is 3. The second kappa shape index (κ2) is 2.07. The van der Waals surface area contributed by atoms with Gasteiger partial charge in [-0.05, 0) is 0 Å². The Labute approximate surface area is 74.3 Å². The van der Waals surface area contributed by atoms with Gasteiger partial charge in [0.2, 0.25) is 0 Å². The topological polar surface area (TPSA) is 45.0 Å². The van der Waals surface area contributed by atoms with Crippen molar-refractivity contribution in [2.24, 2.45) is 10.2 Å². The molecule has 13 heavy (non-hydrogen) atoms. The van der Waals surface area contributed by atoms with Gasteiger partial charge in [0.25, 0.3) is 0 Å². The molecule has 2 aromatic rings. The molecule has 2 aromatic carbocycles. The van der Waals surface area contributed by atoms with Gasteiger partial charge in [-0.2, -0.15) is 0 Å². The lowest BCUT2D eigenvalue weighted by atomic mass is 10.1. The van der Waals surface area contributed by atoms with Crippen molar-refractivity contribution in [3.8, 4) is 5.75 Å². The maximum Gasteiger partial charge on any atom is 0.125 e. The maximum absolute atomic E-state index is 9.61. The molecule has 0 fully saturated rings. The number of hydrogen-bond donors (Lipinski definition) is 1. The summed E-state index contributed by atoms with van der Waals surface area (Å²) in [5.41, 5.74) is 1.66. The van der Waals surface area contributed by atoms with Gasteiger partial charge in [-0.15, -0.1) is 10.2 Å². The van der Waals surface area contributed by atoms with E-state index in [2.05, 4.69) is 10.2 Å². The number of benzene rings is 2. The largest absolute Gasteiger partial charge is 0.507 e. The zero-order valence-electron chi connectivity index (χ0n) is 6.73.